The van der Waals surface area contributed by atoms with Gasteiger partial charge in [-0.05, 0) is 6.92 Å². The topological polar surface area (TPSA) is 69.6 Å². The summed E-state index contributed by atoms with van der Waals surface area (Å²) >= 11 is 0. The van der Waals surface area contributed by atoms with Gasteiger partial charge < -0.3 is 15.3 Å². The molecule has 1 atom stereocenters. The van der Waals surface area contributed by atoms with Crippen molar-refractivity contribution in [3.63, 3.8) is 0 Å². The zero-order valence-electron chi connectivity index (χ0n) is 7.83. The van der Waals surface area contributed by atoms with E-state index in [9.17, 15) is 18.4 Å². The van der Waals surface area contributed by atoms with Gasteiger partial charge in [-0.25, -0.2) is 13.6 Å². The normalized spacial score (nSPS) is 12.4. The molecule has 7 heteroatoms. The van der Waals surface area contributed by atoms with Crippen LogP contribution >= 0.6 is 0 Å². The molecule has 0 saturated heterocycles. The maximum absolute atomic E-state index is 11.8. The van der Waals surface area contributed by atoms with Crippen molar-refractivity contribution in [2.24, 2.45) is 0 Å². The van der Waals surface area contributed by atoms with Crippen LogP contribution in [0.1, 0.15) is 6.92 Å². The van der Waals surface area contributed by atoms with Gasteiger partial charge >= 0.3 is 12.0 Å². The van der Waals surface area contributed by atoms with Crippen LogP contribution in [0.4, 0.5) is 13.6 Å². The highest BCUT2D eigenvalue weighted by Gasteiger charge is 2.18. The lowest BCUT2D eigenvalue weighted by atomic mass is 10.3. The molecule has 2 N–H and O–H groups in total. The first-order valence-electron chi connectivity index (χ1n) is 3.87. The molecule has 0 radical (unpaired) electrons. The molecule has 5 nitrogen and oxygen atoms in total. The fourth-order valence-corrected chi connectivity index (χ4v) is 0.647. The molecule has 0 fully saturated rings. The van der Waals surface area contributed by atoms with Crippen molar-refractivity contribution in [3.8, 4) is 0 Å². The number of halogens is 2. The van der Waals surface area contributed by atoms with Gasteiger partial charge in [0, 0.05) is 7.05 Å². The Hall–Kier alpha value is -1.40. The number of nitrogens with zero attached hydrogens (tertiary/aromatic N) is 1. The quantitative estimate of drug-likeness (QED) is 0.704. The molecular weight excluding hydrogens is 198 g/mol. The van der Waals surface area contributed by atoms with Crippen molar-refractivity contribution in [1.29, 1.82) is 0 Å². The molecule has 0 bridgehead atoms. The maximum atomic E-state index is 11.8. The van der Waals surface area contributed by atoms with E-state index in [1.807, 2.05) is 5.32 Å². The van der Waals surface area contributed by atoms with Crippen LogP contribution in [0.2, 0.25) is 0 Å². The number of hydrogen-bond acceptors (Lipinski definition) is 2. The van der Waals surface area contributed by atoms with Crippen molar-refractivity contribution in [2.75, 3.05) is 13.6 Å². The molecule has 0 aliphatic carbocycles. The van der Waals surface area contributed by atoms with E-state index in [-0.39, 0.29) is 0 Å². The van der Waals surface area contributed by atoms with Crippen LogP contribution in [-0.2, 0) is 4.79 Å². The molecule has 0 aromatic heterocycles. The average Bonchev–Trinajstić information content (AvgIpc) is 2.02. The molecular formula is C7H12F2N2O3. The molecule has 82 valence electrons. The smallest absolute Gasteiger partial charge is 0.325 e. The summed E-state index contributed by atoms with van der Waals surface area (Å²) in [4.78, 5) is 22.0. The summed E-state index contributed by atoms with van der Waals surface area (Å²) in [6, 6.07) is -1.93. The van der Waals surface area contributed by atoms with E-state index < -0.39 is 31.0 Å². The van der Waals surface area contributed by atoms with Crippen LogP contribution in [-0.4, -0.2) is 48.1 Å². The van der Waals surface area contributed by atoms with E-state index in [1.165, 1.54) is 6.92 Å². The molecule has 0 heterocycles. The summed E-state index contributed by atoms with van der Waals surface area (Å²) in [6.45, 7) is 0.522. The summed E-state index contributed by atoms with van der Waals surface area (Å²) < 4.78 is 23.6. The van der Waals surface area contributed by atoms with Gasteiger partial charge in [-0.3, -0.25) is 4.79 Å². The van der Waals surface area contributed by atoms with Gasteiger partial charge in [0.2, 0.25) is 0 Å². The Kier molecular flexibility index (Phi) is 4.82. The Bertz CT molecular complexity index is 223. The zero-order chi connectivity index (χ0) is 11.3. The number of alkyl halides is 2. The zero-order valence-corrected chi connectivity index (χ0v) is 7.83. The molecule has 14 heavy (non-hydrogen) atoms. The Morgan fingerprint density at radius 2 is 2.00 bits per heavy atom. The Balaban J connectivity index is 4.01. The number of amides is 2. The highest BCUT2D eigenvalue weighted by Crippen LogP contribution is 1.96. The number of nitrogens with one attached hydrogen (secondary N) is 1. The third-order valence-corrected chi connectivity index (χ3v) is 1.47. The minimum absolute atomic E-state index is 0.724. The Morgan fingerprint density at radius 1 is 1.50 bits per heavy atom. The van der Waals surface area contributed by atoms with Gasteiger partial charge in [0.25, 0.3) is 6.43 Å². The first kappa shape index (κ1) is 12.6. The molecule has 0 aliphatic rings. The first-order valence-corrected chi connectivity index (χ1v) is 3.87. The Morgan fingerprint density at radius 3 is 2.36 bits per heavy atom. The average molecular weight is 210 g/mol. The minimum Gasteiger partial charge on any atom is -0.480 e. The molecule has 0 saturated carbocycles. The summed E-state index contributed by atoms with van der Waals surface area (Å²) in [7, 11) is 1.16. The van der Waals surface area contributed by atoms with E-state index in [0.717, 1.165) is 11.9 Å². The van der Waals surface area contributed by atoms with Crippen molar-refractivity contribution < 1.29 is 23.5 Å². The third-order valence-electron chi connectivity index (χ3n) is 1.47. The maximum Gasteiger partial charge on any atom is 0.325 e. The molecule has 0 aromatic carbocycles. The number of carboxylic acids is 1. The largest absolute Gasteiger partial charge is 0.480 e. The highest BCUT2D eigenvalue weighted by molar-refractivity contribution is 5.82. The van der Waals surface area contributed by atoms with E-state index in [4.69, 9.17) is 5.11 Å². The van der Waals surface area contributed by atoms with Gasteiger partial charge in [0.15, 0.2) is 0 Å². The summed E-state index contributed by atoms with van der Waals surface area (Å²) in [5.74, 6) is -1.22. The molecule has 0 aliphatic heterocycles. The van der Waals surface area contributed by atoms with Crippen molar-refractivity contribution >= 4 is 12.0 Å². The van der Waals surface area contributed by atoms with Gasteiger partial charge in [0.05, 0.1) is 6.54 Å². The Labute approximate surface area is 79.7 Å². The second-order valence-electron chi connectivity index (χ2n) is 2.78. The number of hydrogen-bond donors (Lipinski definition) is 2. The van der Waals surface area contributed by atoms with Crippen LogP contribution in [0.15, 0.2) is 0 Å². The lowest BCUT2D eigenvalue weighted by Crippen LogP contribution is -2.46. The molecule has 0 rings (SSSR count). The van der Waals surface area contributed by atoms with Crippen LogP contribution in [0, 0.1) is 0 Å². The molecule has 0 aromatic rings. The number of rotatable bonds is 4. The first-order chi connectivity index (χ1) is 6.34. The predicted octanol–water partition coefficient (Wildman–Crippen LogP) is 0.366. The minimum atomic E-state index is -2.63. The SMILES string of the molecule is C[C@@H](NC(=O)N(C)CC(F)F)C(=O)O. The third kappa shape index (κ3) is 4.58. The summed E-state index contributed by atoms with van der Waals surface area (Å²) in [6.07, 6.45) is -2.63. The summed E-state index contributed by atoms with van der Waals surface area (Å²) in [5.41, 5.74) is 0. The second-order valence-corrected chi connectivity index (χ2v) is 2.78. The van der Waals surface area contributed by atoms with Crippen molar-refractivity contribution in [3.05, 3.63) is 0 Å². The van der Waals surface area contributed by atoms with Crippen LogP contribution in [0.25, 0.3) is 0 Å². The number of carbonyl (C=O) groups is 2. The van der Waals surface area contributed by atoms with E-state index in [2.05, 4.69) is 0 Å². The van der Waals surface area contributed by atoms with Crippen molar-refractivity contribution in [1.82, 2.24) is 10.2 Å². The van der Waals surface area contributed by atoms with Gasteiger partial charge in [0.1, 0.15) is 6.04 Å². The van der Waals surface area contributed by atoms with Crippen LogP contribution < -0.4 is 5.32 Å². The molecule has 0 unspecified atom stereocenters. The highest BCUT2D eigenvalue weighted by atomic mass is 19.3. The lowest BCUT2D eigenvalue weighted by molar-refractivity contribution is -0.138. The molecule has 0 spiro atoms. The van der Waals surface area contributed by atoms with E-state index >= 15 is 0 Å². The predicted molar refractivity (Wildman–Crippen MR) is 44.3 cm³/mol. The van der Waals surface area contributed by atoms with Crippen LogP contribution in [0.3, 0.4) is 0 Å². The standard InChI is InChI=1S/C7H12F2N2O3/c1-4(6(12)13)10-7(14)11(2)3-5(8)9/h4-5H,3H2,1-2H3,(H,10,14)(H,12,13)/t4-/m1/s1. The lowest BCUT2D eigenvalue weighted by Gasteiger charge is -2.18. The number of urea groups is 1. The van der Waals surface area contributed by atoms with Gasteiger partial charge in [-0.15, -0.1) is 0 Å². The summed E-state index contributed by atoms with van der Waals surface area (Å²) in [5, 5.41) is 10.5. The number of carboxylic acid groups (broad SMARTS) is 1. The monoisotopic (exact) mass is 210 g/mol. The van der Waals surface area contributed by atoms with Gasteiger partial charge in [-0.1, -0.05) is 0 Å². The van der Waals surface area contributed by atoms with Crippen molar-refractivity contribution in [2.45, 2.75) is 19.4 Å². The van der Waals surface area contributed by atoms with E-state index in [0.29, 0.717) is 0 Å². The van der Waals surface area contributed by atoms with Gasteiger partial charge in [-0.2, -0.15) is 0 Å². The number of aliphatic carboxylic acids is 1. The van der Waals surface area contributed by atoms with E-state index in [1.54, 1.807) is 0 Å². The second kappa shape index (κ2) is 5.36. The molecule has 2 amide bonds. The fraction of sp³-hybridized carbons (Fsp3) is 0.714. The number of carbonyl (C=O) groups excluding carboxylic acids is 1. The fourth-order valence-electron chi connectivity index (χ4n) is 0.647. The van der Waals surface area contributed by atoms with Crippen LogP contribution in [0.5, 0.6) is 0 Å².